The van der Waals surface area contributed by atoms with Crippen molar-refractivity contribution in [3.8, 4) is 17.2 Å². The first-order valence-corrected chi connectivity index (χ1v) is 6.56. The summed E-state index contributed by atoms with van der Waals surface area (Å²) in [6.45, 7) is 7.31. The third-order valence-electron chi connectivity index (χ3n) is 3.40. The molecule has 0 aliphatic heterocycles. The van der Waals surface area contributed by atoms with Crippen LogP contribution >= 0.6 is 0 Å². The molecule has 4 heteroatoms. The Morgan fingerprint density at radius 3 is 2.05 bits per heavy atom. The predicted molar refractivity (Wildman–Crippen MR) is 77.2 cm³/mol. The molecule has 1 unspecified atom stereocenters. The van der Waals surface area contributed by atoms with Gasteiger partial charge in [-0.25, -0.2) is 0 Å². The maximum absolute atomic E-state index is 5.46. The fraction of sp³-hybridized carbons (Fsp3) is 0.600. The summed E-state index contributed by atoms with van der Waals surface area (Å²) in [6, 6.07) is 4.34. The first-order valence-electron chi connectivity index (χ1n) is 6.56. The summed E-state index contributed by atoms with van der Waals surface area (Å²) in [5.41, 5.74) is 1.06. The van der Waals surface area contributed by atoms with E-state index in [1.807, 2.05) is 12.1 Å². The van der Waals surface area contributed by atoms with Crippen molar-refractivity contribution in [1.82, 2.24) is 5.32 Å². The monoisotopic (exact) mass is 267 g/mol. The van der Waals surface area contributed by atoms with Crippen LogP contribution in [0.5, 0.6) is 17.2 Å². The van der Waals surface area contributed by atoms with Crippen LogP contribution in [-0.2, 0) is 6.54 Å². The first-order chi connectivity index (χ1) is 9.04. The van der Waals surface area contributed by atoms with Gasteiger partial charge in [-0.05, 0) is 18.9 Å². The standard InChI is InChI=1S/C15H25NO3/c1-10(2)11(3)16-9-12-7-8-13(17-4)15(19-6)14(12)18-5/h7-8,10-11,16H,9H2,1-6H3. The minimum Gasteiger partial charge on any atom is -0.493 e. The fourth-order valence-electron chi connectivity index (χ4n) is 1.81. The van der Waals surface area contributed by atoms with Gasteiger partial charge in [0.2, 0.25) is 5.75 Å². The Hall–Kier alpha value is -1.42. The van der Waals surface area contributed by atoms with Crippen molar-refractivity contribution >= 4 is 0 Å². The fourth-order valence-corrected chi connectivity index (χ4v) is 1.81. The molecule has 0 aliphatic carbocycles. The highest BCUT2D eigenvalue weighted by molar-refractivity contribution is 5.55. The molecule has 0 fully saturated rings. The molecule has 0 heterocycles. The van der Waals surface area contributed by atoms with Crippen molar-refractivity contribution in [3.05, 3.63) is 17.7 Å². The van der Waals surface area contributed by atoms with E-state index in [4.69, 9.17) is 14.2 Å². The van der Waals surface area contributed by atoms with Gasteiger partial charge >= 0.3 is 0 Å². The van der Waals surface area contributed by atoms with E-state index in [0.29, 0.717) is 23.5 Å². The number of ether oxygens (including phenoxy) is 3. The number of hydrogen-bond acceptors (Lipinski definition) is 4. The zero-order valence-electron chi connectivity index (χ0n) is 12.7. The molecular formula is C15H25NO3. The largest absolute Gasteiger partial charge is 0.493 e. The van der Waals surface area contributed by atoms with Gasteiger partial charge < -0.3 is 19.5 Å². The lowest BCUT2D eigenvalue weighted by Crippen LogP contribution is -2.30. The topological polar surface area (TPSA) is 39.7 Å². The van der Waals surface area contributed by atoms with Gasteiger partial charge in [0.05, 0.1) is 21.3 Å². The van der Waals surface area contributed by atoms with E-state index in [9.17, 15) is 0 Å². The number of methoxy groups -OCH3 is 3. The van der Waals surface area contributed by atoms with Crippen molar-refractivity contribution in [2.45, 2.75) is 33.4 Å². The van der Waals surface area contributed by atoms with Gasteiger partial charge in [-0.3, -0.25) is 0 Å². The lowest BCUT2D eigenvalue weighted by Gasteiger charge is -2.20. The van der Waals surface area contributed by atoms with Crippen LogP contribution in [0.3, 0.4) is 0 Å². The molecule has 1 aromatic rings. The van der Waals surface area contributed by atoms with Gasteiger partial charge in [0.25, 0.3) is 0 Å². The Labute approximate surface area is 116 Å². The second kappa shape index (κ2) is 7.24. The molecule has 0 bridgehead atoms. The summed E-state index contributed by atoms with van der Waals surface area (Å²) in [4.78, 5) is 0. The van der Waals surface area contributed by atoms with Crippen LogP contribution in [0.2, 0.25) is 0 Å². The summed E-state index contributed by atoms with van der Waals surface area (Å²) < 4.78 is 16.1. The third-order valence-corrected chi connectivity index (χ3v) is 3.40. The summed E-state index contributed by atoms with van der Waals surface area (Å²) in [5, 5.41) is 3.49. The van der Waals surface area contributed by atoms with Crippen molar-refractivity contribution < 1.29 is 14.2 Å². The van der Waals surface area contributed by atoms with Gasteiger partial charge in [0, 0.05) is 18.2 Å². The van der Waals surface area contributed by atoms with E-state index in [0.717, 1.165) is 17.9 Å². The van der Waals surface area contributed by atoms with E-state index in [1.165, 1.54) is 0 Å². The van der Waals surface area contributed by atoms with Crippen molar-refractivity contribution in [2.24, 2.45) is 5.92 Å². The zero-order valence-corrected chi connectivity index (χ0v) is 12.7. The molecule has 108 valence electrons. The zero-order chi connectivity index (χ0) is 14.4. The van der Waals surface area contributed by atoms with E-state index in [1.54, 1.807) is 21.3 Å². The average molecular weight is 267 g/mol. The van der Waals surface area contributed by atoms with Crippen molar-refractivity contribution in [3.63, 3.8) is 0 Å². The van der Waals surface area contributed by atoms with Gasteiger partial charge in [0.1, 0.15) is 0 Å². The minimum absolute atomic E-state index is 0.442. The van der Waals surface area contributed by atoms with E-state index in [2.05, 4.69) is 26.1 Å². The van der Waals surface area contributed by atoms with Crippen molar-refractivity contribution in [2.75, 3.05) is 21.3 Å². The number of hydrogen-bond donors (Lipinski definition) is 1. The lowest BCUT2D eigenvalue weighted by atomic mass is 10.1. The Morgan fingerprint density at radius 2 is 1.58 bits per heavy atom. The molecule has 0 saturated carbocycles. The molecule has 1 atom stereocenters. The number of rotatable bonds is 7. The minimum atomic E-state index is 0.442. The van der Waals surface area contributed by atoms with Gasteiger partial charge in [0.15, 0.2) is 11.5 Å². The van der Waals surface area contributed by atoms with Crippen LogP contribution < -0.4 is 19.5 Å². The smallest absolute Gasteiger partial charge is 0.203 e. The Kier molecular flexibility index (Phi) is 5.96. The molecule has 0 amide bonds. The summed E-state index contributed by atoms with van der Waals surface area (Å²) in [6.07, 6.45) is 0. The average Bonchev–Trinajstić information content (AvgIpc) is 2.42. The number of nitrogens with one attached hydrogen (secondary N) is 1. The van der Waals surface area contributed by atoms with E-state index < -0.39 is 0 Å². The molecule has 0 aromatic heterocycles. The second-order valence-corrected chi connectivity index (χ2v) is 4.91. The molecule has 1 N–H and O–H groups in total. The highest BCUT2D eigenvalue weighted by Gasteiger charge is 2.16. The van der Waals surface area contributed by atoms with Crippen LogP contribution in [0.4, 0.5) is 0 Å². The van der Waals surface area contributed by atoms with Crippen LogP contribution in [0.15, 0.2) is 12.1 Å². The molecule has 4 nitrogen and oxygen atoms in total. The summed E-state index contributed by atoms with van der Waals surface area (Å²) in [5.74, 6) is 2.64. The molecule has 0 spiro atoms. The summed E-state index contributed by atoms with van der Waals surface area (Å²) in [7, 11) is 4.89. The van der Waals surface area contributed by atoms with E-state index >= 15 is 0 Å². The molecule has 0 aliphatic rings. The van der Waals surface area contributed by atoms with Crippen LogP contribution in [-0.4, -0.2) is 27.4 Å². The number of benzene rings is 1. The van der Waals surface area contributed by atoms with Gasteiger partial charge in [-0.1, -0.05) is 19.9 Å². The molecule has 19 heavy (non-hydrogen) atoms. The Bertz CT molecular complexity index is 405. The summed E-state index contributed by atoms with van der Waals surface area (Å²) >= 11 is 0. The maximum atomic E-state index is 5.46. The maximum Gasteiger partial charge on any atom is 0.203 e. The highest BCUT2D eigenvalue weighted by Crippen LogP contribution is 2.39. The molecule has 0 saturated heterocycles. The molecule has 0 radical (unpaired) electrons. The predicted octanol–water partition coefficient (Wildman–Crippen LogP) is 2.85. The third kappa shape index (κ3) is 3.77. The highest BCUT2D eigenvalue weighted by atomic mass is 16.5. The molecule has 1 aromatic carbocycles. The molecule has 1 rings (SSSR count). The van der Waals surface area contributed by atoms with Gasteiger partial charge in [-0.2, -0.15) is 0 Å². The Balaban J connectivity index is 2.95. The SMILES string of the molecule is COc1ccc(CNC(C)C(C)C)c(OC)c1OC. The van der Waals surface area contributed by atoms with Crippen LogP contribution in [0, 0.1) is 5.92 Å². The van der Waals surface area contributed by atoms with Gasteiger partial charge in [-0.15, -0.1) is 0 Å². The van der Waals surface area contributed by atoms with Crippen molar-refractivity contribution in [1.29, 1.82) is 0 Å². The van der Waals surface area contributed by atoms with E-state index in [-0.39, 0.29) is 0 Å². The lowest BCUT2D eigenvalue weighted by molar-refractivity contribution is 0.320. The van der Waals surface area contributed by atoms with Crippen LogP contribution in [0.25, 0.3) is 0 Å². The quantitative estimate of drug-likeness (QED) is 0.824. The van der Waals surface area contributed by atoms with Crippen LogP contribution in [0.1, 0.15) is 26.3 Å². The first kappa shape index (κ1) is 15.6. The second-order valence-electron chi connectivity index (χ2n) is 4.91. The normalized spacial score (nSPS) is 12.4. The Morgan fingerprint density at radius 1 is 0.947 bits per heavy atom. The molecular weight excluding hydrogens is 242 g/mol.